The summed E-state index contributed by atoms with van der Waals surface area (Å²) >= 11 is 0. The van der Waals surface area contributed by atoms with E-state index in [-0.39, 0.29) is 17.0 Å². The first-order chi connectivity index (χ1) is 13.9. The lowest BCUT2D eigenvalue weighted by atomic mass is 10.3. The van der Waals surface area contributed by atoms with Crippen LogP contribution >= 0.6 is 7.26 Å². The van der Waals surface area contributed by atoms with Crippen LogP contribution in [0.25, 0.3) is 0 Å². The maximum atomic E-state index is 2.36. The second kappa shape index (κ2) is 12.6. The van der Waals surface area contributed by atoms with Gasteiger partial charge >= 0.3 is 0 Å². The van der Waals surface area contributed by atoms with E-state index < -0.39 is 7.26 Å². The fraction of sp³-hybridized carbons (Fsp3) is 0.185. The Balaban J connectivity index is 0.00000300. The molecule has 150 valence electrons. The number of halogens is 1. The van der Waals surface area contributed by atoms with Gasteiger partial charge in [0.25, 0.3) is 0 Å². The molecule has 0 N–H and O–H groups in total. The second-order valence-electron chi connectivity index (χ2n) is 6.92. The van der Waals surface area contributed by atoms with Gasteiger partial charge in [-0.2, -0.15) is 0 Å². The molecule has 3 aromatic carbocycles. The highest BCUT2D eigenvalue weighted by Gasteiger charge is 2.44. The lowest BCUT2D eigenvalue weighted by molar-refractivity contribution is -0.00000553. The maximum absolute atomic E-state index is 2.36. The first-order valence-corrected chi connectivity index (χ1v) is 12.2. The second-order valence-corrected chi connectivity index (χ2v) is 10.5. The smallest absolute Gasteiger partial charge is 0.112 e. The van der Waals surface area contributed by atoms with Gasteiger partial charge in [0.1, 0.15) is 23.2 Å². The van der Waals surface area contributed by atoms with Crippen molar-refractivity contribution in [2.45, 2.75) is 26.2 Å². The zero-order valence-electron chi connectivity index (χ0n) is 17.1. The molecule has 0 fully saturated rings. The van der Waals surface area contributed by atoms with E-state index in [0.29, 0.717) is 0 Å². The van der Waals surface area contributed by atoms with Gasteiger partial charge in [0, 0.05) is 6.42 Å². The fourth-order valence-electron chi connectivity index (χ4n) is 3.71. The lowest BCUT2D eigenvalue weighted by Gasteiger charge is -2.27. The van der Waals surface area contributed by atoms with Gasteiger partial charge in [0.15, 0.2) is 0 Å². The van der Waals surface area contributed by atoms with Gasteiger partial charge in [-0.1, -0.05) is 85.8 Å². The van der Waals surface area contributed by atoms with Gasteiger partial charge < -0.3 is 17.0 Å². The number of hydrogen-bond donors (Lipinski definition) is 0. The van der Waals surface area contributed by atoms with Crippen LogP contribution in [0.15, 0.2) is 115 Å². The number of allylic oxidation sites excluding steroid dienone is 4. The molecule has 0 radical (unpaired) electrons. The Morgan fingerprint density at radius 1 is 0.586 bits per heavy atom. The van der Waals surface area contributed by atoms with Gasteiger partial charge in [0.2, 0.25) is 0 Å². The molecule has 0 saturated heterocycles. The molecular formula is C27H30BrP. The van der Waals surface area contributed by atoms with Crippen molar-refractivity contribution >= 4 is 23.2 Å². The summed E-state index contributed by atoms with van der Waals surface area (Å²) in [6, 6.07) is 33.4. The molecule has 29 heavy (non-hydrogen) atoms. The number of hydrogen-bond acceptors (Lipinski definition) is 0. The Morgan fingerprint density at radius 2 is 1.00 bits per heavy atom. The highest BCUT2D eigenvalue weighted by molar-refractivity contribution is 7.95. The van der Waals surface area contributed by atoms with Crippen molar-refractivity contribution in [3.05, 3.63) is 115 Å². The summed E-state index contributed by atoms with van der Waals surface area (Å²) in [5, 5.41) is 4.39. The van der Waals surface area contributed by atoms with Crippen molar-refractivity contribution in [3.63, 3.8) is 0 Å². The van der Waals surface area contributed by atoms with E-state index in [4.69, 9.17) is 0 Å². The monoisotopic (exact) mass is 464 g/mol. The van der Waals surface area contributed by atoms with Crippen molar-refractivity contribution in [2.24, 2.45) is 0 Å². The quantitative estimate of drug-likeness (QED) is 0.336. The molecule has 0 nitrogen and oxygen atoms in total. The predicted molar refractivity (Wildman–Crippen MR) is 128 cm³/mol. The summed E-state index contributed by atoms with van der Waals surface area (Å²) in [6.45, 7) is 2.18. The Labute approximate surface area is 187 Å². The van der Waals surface area contributed by atoms with E-state index in [2.05, 4.69) is 122 Å². The summed E-state index contributed by atoms with van der Waals surface area (Å²) in [6.07, 6.45) is 13.5. The first kappa shape index (κ1) is 23.3. The van der Waals surface area contributed by atoms with E-state index in [1.807, 2.05) is 0 Å². The zero-order valence-corrected chi connectivity index (χ0v) is 19.6. The summed E-state index contributed by atoms with van der Waals surface area (Å²) in [7, 11) is -1.68. The summed E-state index contributed by atoms with van der Waals surface area (Å²) in [5.74, 6) is 0. The molecular weight excluding hydrogens is 435 g/mol. The molecule has 0 aliphatic heterocycles. The Morgan fingerprint density at radius 3 is 1.41 bits per heavy atom. The first-order valence-electron chi connectivity index (χ1n) is 10.2. The molecule has 0 saturated carbocycles. The van der Waals surface area contributed by atoms with Crippen molar-refractivity contribution in [2.75, 3.05) is 6.16 Å². The van der Waals surface area contributed by atoms with E-state index in [1.54, 1.807) is 0 Å². The molecule has 0 aliphatic rings. The van der Waals surface area contributed by atoms with Crippen LogP contribution in [0, 0.1) is 0 Å². The lowest BCUT2D eigenvalue weighted by Crippen LogP contribution is -3.00. The molecule has 0 aromatic heterocycles. The highest BCUT2D eigenvalue weighted by atomic mass is 79.9. The van der Waals surface area contributed by atoms with Crippen LogP contribution in [0.2, 0.25) is 0 Å². The molecule has 2 heteroatoms. The molecule has 0 atom stereocenters. The third-order valence-electron chi connectivity index (χ3n) is 5.06. The van der Waals surface area contributed by atoms with Crippen molar-refractivity contribution in [1.82, 2.24) is 0 Å². The topological polar surface area (TPSA) is 0 Å². The SMILES string of the molecule is CC/C=C\C/C=C\CC[P+](c1ccccc1)(c1ccccc1)c1ccccc1.[Br-]. The normalized spacial score (nSPS) is 11.6. The fourth-order valence-corrected chi connectivity index (χ4v) is 7.95. The summed E-state index contributed by atoms with van der Waals surface area (Å²) in [4.78, 5) is 0. The molecule has 0 unspecified atom stereocenters. The van der Waals surface area contributed by atoms with E-state index in [1.165, 1.54) is 15.9 Å². The average Bonchev–Trinajstić information content (AvgIpc) is 2.78. The molecule has 3 rings (SSSR count). The molecule has 3 aromatic rings. The van der Waals surface area contributed by atoms with Gasteiger partial charge in [0.05, 0.1) is 6.16 Å². The van der Waals surface area contributed by atoms with E-state index >= 15 is 0 Å². The van der Waals surface area contributed by atoms with Crippen LogP contribution in [0.3, 0.4) is 0 Å². The van der Waals surface area contributed by atoms with Crippen molar-refractivity contribution in [3.8, 4) is 0 Å². The maximum Gasteiger partial charge on any atom is 0.112 e. The Hall–Kier alpha value is -1.95. The number of rotatable bonds is 9. The summed E-state index contributed by atoms with van der Waals surface area (Å²) in [5.41, 5.74) is 0. The minimum atomic E-state index is -1.68. The third kappa shape index (κ3) is 6.01. The van der Waals surface area contributed by atoms with Crippen molar-refractivity contribution < 1.29 is 17.0 Å². The van der Waals surface area contributed by atoms with Gasteiger partial charge in [-0.15, -0.1) is 0 Å². The minimum Gasteiger partial charge on any atom is -1.00 e. The molecule has 0 amide bonds. The van der Waals surface area contributed by atoms with Crippen LogP contribution in [-0.2, 0) is 0 Å². The van der Waals surface area contributed by atoms with Crippen LogP contribution in [-0.4, -0.2) is 6.16 Å². The van der Waals surface area contributed by atoms with Crippen LogP contribution in [0.1, 0.15) is 26.2 Å². The van der Waals surface area contributed by atoms with Crippen LogP contribution in [0.4, 0.5) is 0 Å². The predicted octanol–water partition coefficient (Wildman–Crippen LogP) is 3.29. The Bertz CT molecular complexity index is 774. The molecule has 0 spiro atoms. The number of benzene rings is 3. The Kier molecular flexibility index (Phi) is 10.1. The standard InChI is InChI=1S/C27H30P.BrH/c1-2-3-4-5-6-7-17-24-28(25-18-11-8-12-19-25,26-20-13-9-14-21-26)27-22-15-10-16-23-27;/h3-4,6-16,18-23H,2,5,17,24H2,1H3;1H/q+1;/p-1/b4-3-,7-6-;. The third-order valence-corrected chi connectivity index (χ3v) is 9.53. The van der Waals surface area contributed by atoms with Gasteiger partial charge in [-0.05, 0) is 49.2 Å². The largest absolute Gasteiger partial charge is 1.00 e. The molecule has 0 bridgehead atoms. The highest BCUT2D eigenvalue weighted by Crippen LogP contribution is 2.55. The molecule has 0 heterocycles. The molecule has 0 aliphatic carbocycles. The van der Waals surface area contributed by atoms with E-state index in [0.717, 1.165) is 25.4 Å². The zero-order chi connectivity index (χ0) is 19.5. The minimum absolute atomic E-state index is 0. The van der Waals surface area contributed by atoms with Gasteiger partial charge in [-0.25, -0.2) is 0 Å². The van der Waals surface area contributed by atoms with Crippen LogP contribution in [0.5, 0.6) is 0 Å². The van der Waals surface area contributed by atoms with Crippen LogP contribution < -0.4 is 32.9 Å². The average molecular weight is 465 g/mol. The van der Waals surface area contributed by atoms with Gasteiger partial charge in [-0.3, -0.25) is 0 Å². The van der Waals surface area contributed by atoms with E-state index in [9.17, 15) is 0 Å². The summed E-state index contributed by atoms with van der Waals surface area (Å²) < 4.78 is 0. The van der Waals surface area contributed by atoms with Crippen molar-refractivity contribution in [1.29, 1.82) is 0 Å².